The van der Waals surface area contributed by atoms with Crippen molar-refractivity contribution >= 4 is 17.6 Å². The van der Waals surface area contributed by atoms with Gasteiger partial charge in [-0.05, 0) is 12.1 Å². The van der Waals surface area contributed by atoms with Crippen LogP contribution in [-0.2, 0) is 0 Å². The molecule has 2 rings (SSSR count). The molecule has 1 aromatic carbocycles. The fourth-order valence-corrected chi connectivity index (χ4v) is 1.32. The van der Waals surface area contributed by atoms with Gasteiger partial charge in [0.2, 0.25) is 0 Å². The second-order valence-electron chi connectivity index (χ2n) is 3.29. The van der Waals surface area contributed by atoms with Crippen LogP contribution in [0.5, 0.6) is 0 Å². The van der Waals surface area contributed by atoms with Crippen molar-refractivity contribution < 1.29 is 4.92 Å². The Balaban J connectivity index is 2.30. The molecule has 0 spiro atoms. The first kappa shape index (κ1) is 10.9. The van der Waals surface area contributed by atoms with Crippen LogP contribution in [0.4, 0.5) is 11.4 Å². The van der Waals surface area contributed by atoms with E-state index < -0.39 is 4.92 Å². The van der Waals surface area contributed by atoms with Gasteiger partial charge >= 0.3 is 0 Å². The Bertz CT molecular complexity index is 553. The van der Waals surface area contributed by atoms with E-state index in [1.807, 2.05) is 6.07 Å². The molecule has 5 heteroatoms. The van der Waals surface area contributed by atoms with E-state index in [2.05, 4.69) is 9.98 Å². The van der Waals surface area contributed by atoms with E-state index in [0.29, 0.717) is 5.69 Å². The Kier molecular flexibility index (Phi) is 3.20. The third kappa shape index (κ3) is 2.72. The molecule has 0 saturated carbocycles. The minimum absolute atomic E-state index is 0.00681. The van der Waals surface area contributed by atoms with Crippen molar-refractivity contribution in [1.29, 1.82) is 0 Å². The fraction of sp³-hybridized carbons (Fsp3) is 0. The van der Waals surface area contributed by atoms with Gasteiger partial charge in [-0.3, -0.25) is 15.1 Å². The quantitative estimate of drug-likeness (QED) is 0.460. The summed E-state index contributed by atoms with van der Waals surface area (Å²) in [4.78, 5) is 18.3. The molecule has 0 atom stereocenters. The first-order valence-electron chi connectivity index (χ1n) is 4.95. The maximum atomic E-state index is 10.8. The van der Waals surface area contributed by atoms with E-state index in [4.69, 9.17) is 0 Å². The molecule has 5 nitrogen and oxygen atoms in total. The topological polar surface area (TPSA) is 68.4 Å². The zero-order valence-corrected chi connectivity index (χ0v) is 8.85. The number of rotatable bonds is 3. The van der Waals surface area contributed by atoms with Crippen molar-refractivity contribution in [3.63, 3.8) is 0 Å². The van der Waals surface area contributed by atoms with Crippen LogP contribution >= 0.6 is 0 Å². The molecule has 2 aromatic rings. The standard InChI is InChI=1S/C12H9N3O2/c16-15(17)12-6-2-1-5-11(12)14-9-10-4-3-7-13-8-10/h1-9H. The summed E-state index contributed by atoms with van der Waals surface area (Å²) in [6.45, 7) is 0. The average molecular weight is 227 g/mol. The Hall–Kier alpha value is -2.56. The minimum Gasteiger partial charge on any atom is -0.264 e. The highest BCUT2D eigenvalue weighted by Gasteiger charge is 2.10. The SMILES string of the molecule is O=[N+]([O-])c1ccccc1N=Cc1cccnc1. The first-order valence-corrected chi connectivity index (χ1v) is 4.95. The molecule has 0 aliphatic rings. The van der Waals surface area contributed by atoms with Crippen molar-refractivity contribution in [2.45, 2.75) is 0 Å². The summed E-state index contributed by atoms with van der Waals surface area (Å²) in [5.41, 5.74) is 1.12. The monoisotopic (exact) mass is 227 g/mol. The number of hydrogen-bond donors (Lipinski definition) is 0. The lowest BCUT2D eigenvalue weighted by Crippen LogP contribution is -1.88. The van der Waals surface area contributed by atoms with E-state index in [1.165, 1.54) is 6.07 Å². The van der Waals surface area contributed by atoms with Crippen LogP contribution in [0, 0.1) is 10.1 Å². The van der Waals surface area contributed by atoms with E-state index >= 15 is 0 Å². The van der Waals surface area contributed by atoms with Gasteiger partial charge < -0.3 is 0 Å². The molecule has 0 fully saturated rings. The highest BCUT2D eigenvalue weighted by Crippen LogP contribution is 2.25. The van der Waals surface area contributed by atoms with Gasteiger partial charge in [-0.25, -0.2) is 4.99 Å². The third-order valence-corrected chi connectivity index (χ3v) is 2.12. The smallest absolute Gasteiger partial charge is 0.264 e. The van der Waals surface area contributed by atoms with Crippen LogP contribution < -0.4 is 0 Å². The van der Waals surface area contributed by atoms with Crippen molar-refractivity contribution in [3.05, 3.63) is 64.5 Å². The van der Waals surface area contributed by atoms with Crippen molar-refractivity contribution in [1.82, 2.24) is 4.98 Å². The van der Waals surface area contributed by atoms with Crippen molar-refractivity contribution in [2.75, 3.05) is 0 Å². The zero-order chi connectivity index (χ0) is 12.1. The fourth-order valence-electron chi connectivity index (χ4n) is 1.32. The molecule has 0 aliphatic carbocycles. The van der Waals surface area contributed by atoms with Gasteiger partial charge in [0.15, 0.2) is 0 Å². The molecular formula is C12H9N3O2. The summed E-state index contributed by atoms with van der Waals surface area (Å²) >= 11 is 0. The number of nitro groups is 1. The number of nitrogens with zero attached hydrogens (tertiary/aromatic N) is 3. The van der Waals surface area contributed by atoms with E-state index in [1.54, 1.807) is 42.9 Å². The van der Waals surface area contributed by atoms with Crippen LogP contribution in [0.15, 0.2) is 53.8 Å². The third-order valence-electron chi connectivity index (χ3n) is 2.12. The number of nitro benzene ring substituents is 1. The molecule has 0 amide bonds. The lowest BCUT2D eigenvalue weighted by Gasteiger charge is -1.96. The minimum atomic E-state index is -0.448. The Morgan fingerprint density at radius 2 is 2.06 bits per heavy atom. The molecule has 0 unspecified atom stereocenters. The highest BCUT2D eigenvalue weighted by atomic mass is 16.6. The molecular weight excluding hydrogens is 218 g/mol. The number of pyridine rings is 1. The van der Waals surface area contributed by atoms with Gasteiger partial charge in [0.05, 0.1) is 4.92 Å². The lowest BCUT2D eigenvalue weighted by molar-refractivity contribution is -0.384. The van der Waals surface area contributed by atoms with Gasteiger partial charge in [-0.2, -0.15) is 0 Å². The van der Waals surface area contributed by atoms with Gasteiger partial charge in [0.25, 0.3) is 5.69 Å². The molecule has 1 heterocycles. The van der Waals surface area contributed by atoms with E-state index in [0.717, 1.165) is 5.56 Å². The molecule has 84 valence electrons. The maximum Gasteiger partial charge on any atom is 0.294 e. The van der Waals surface area contributed by atoms with Gasteiger partial charge in [-0.15, -0.1) is 0 Å². The summed E-state index contributed by atoms with van der Waals surface area (Å²) in [6, 6.07) is 9.96. The van der Waals surface area contributed by atoms with Crippen LogP contribution in [0.2, 0.25) is 0 Å². The molecule has 17 heavy (non-hydrogen) atoms. The van der Waals surface area contributed by atoms with Crippen molar-refractivity contribution in [2.24, 2.45) is 4.99 Å². The van der Waals surface area contributed by atoms with Gasteiger partial charge in [0, 0.05) is 30.2 Å². The van der Waals surface area contributed by atoms with Crippen molar-refractivity contribution in [3.8, 4) is 0 Å². The first-order chi connectivity index (χ1) is 8.27. The number of hydrogen-bond acceptors (Lipinski definition) is 4. The van der Waals surface area contributed by atoms with Crippen LogP contribution in [0.25, 0.3) is 0 Å². The average Bonchev–Trinajstić information content (AvgIpc) is 2.38. The van der Waals surface area contributed by atoms with E-state index in [-0.39, 0.29) is 5.69 Å². The maximum absolute atomic E-state index is 10.8. The largest absolute Gasteiger partial charge is 0.294 e. The molecule has 0 saturated heterocycles. The lowest BCUT2D eigenvalue weighted by atomic mass is 10.2. The van der Waals surface area contributed by atoms with Gasteiger partial charge in [-0.1, -0.05) is 18.2 Å². The Morgan fingerprint density at radius 1 is 1.24 bits per heavy atom. The molecule has 0 bridgehead atoms. The predicted octanol–water partition coefficient (Wildman–Crippen LogP) is 2.74. The molecule has 0 aliphatic heterocycles. The number of benzene rings is 1. The summed E-state index contributed by atoms with van der Waals surface area (Å²) in [5.74, 6) is 0. The van der Waals surface area contributed by atoms with Crippen LogP contribution in [0.3, 0.4) is 0 Å². The summed E-state index contributed by atoms with van der Waals surface area (Å²) in [5, 5.41) is 10.8. The van der Waals surface area contributed by atoms with Crippen LogP contribution in [-0.4, -0.2) is 16.1 Å². The molecule has 0 radical (unpaired) electrons. The van der Waals surface area contributed by atoms with Gasteiger partial charge in [0.1, 0.15) is 5.69 Å². The zero-order valence-electron chi connectivity index (χ0n) is 8.85. The Morgan fingerprint density at radius 3 is 2.76 bits per heavy atom. The molecule has 1 aromatic heterocycles. The number of aromatic nitrogens is 1. The Labute approximate surface area is 97.6 Å². The second kappa shape index (κ2) is 4.98. The number of aliphatic imine (C=N–C) groups is 1. The summed E-state index contributed by atoms with van der Waals surface area (Å²) in [7, 11) is 0. The summed E-state index contributed by atoms with van der Waals surface area (Å²) < 4.78 is 0. The normalized spacial score (nSPS) is 10.6. The molecule has 0 N–H and O–H groups in total. The highest BCUT2D eigenvalue weighted by molar-refractivity contribution is 5.82. The summed E-state index contributed by atoms with van der Waals surface area (Å²) in [6.07, 6.45) is 4.84. The number of para-hydroxylation sites is 2. The predicted molar refractivity (Wildman–Crippen MR) is 64.6 cm³/mol. The van der Waals surface area contributed by atoms with E-state index in [9.17, 15) is 10.1 Å². The second-order valence-corrected chi connectivity index (χ2v) is 3.29. The van der Waals surface area contributed by atoms with Crippen LogP contribution in [0.1, 0.15) is 5.56 Å².